The molecule has 67 heavy (non-hydrogen) atoms. The first-order valence-corrected chi connectivity index (χ1v) is 29.5. The summed E-state index contributed by atoms with van der Waals surface area (Å²) in [6, 6.07) is 0. The Morgan fingerprint density at radius 2 is 0.552 bits per heavy atom. The summed E-state index contributed by atoms with van der Waals surface area (Å²) < 4.78 is 16.8. The van der Waals surface area contributed by atoms with E-state index in [1.165, 1.54) is 212 Å². The van der Waals surface area contributed by atoms with Crippen LogP contribution in [0.25, 0.3) is 0 Å². The second-order valence-corrected chi connectivity index (χ2v) is 19.9. The number of carbonyl (C=O) groups is 3. The molecule has 0 aliphatic heterocycles. The molecule has 0 aliphatic carbocycles. The van der Waals surface area contributed by atoms with Gasteiger partial charge in [0.2, 0.25) is 0 Å². The van der Waals surface area contributed by atoms with Gasteiger partial charge in [-0.2, -0.15) is 0 Å². The van der Waals surface area contributed by atoms with Gasteiger partial charge in [0.05, 0.1) is 0 Å². The van der Waals surface area contributed by atoms with Crippen LogP contribution >= 0.6 is 0 Å². The number of carbonyl (C=O) groups excluding carboxylic acids is 3. The lowest BCUT2D eigenvalue weighted by atomic mass is 10.0. The Kier molecular flexibility index (Phi) is 54.2. The van der Waals surface area contributed by atoms with E-state index >= 15 is 0 Å². The largest absolute Gasteiger partial charge is 0.462 e. The van der Waals surface area contributed by atoms with Gasteiger partial charge in [0, 0.05) is 19.3 Å². The molecule has 0 N–H and O–H groups in total. The number of hydrogen-bond acceptors (Lipinski definition) is 6. The standard InChI is InChI=1S/C61H112O6/c1-4-7-10-13-16-19-22-24-26-28-29-30-31-33-34-36-39-42-45-48-51-54-60(63)66-57-58(56-65-59(62)53-50-47-44-41-38-21-18-15-12-9-6-3)67-61(64)55-52-49-46-43-40-37-35-32-27-25-23-20-17-14-11-8-5-2/h25,27,35,37,43,46,58H,4-24,26,28-34,36,38-42,44-45,47-57H2,1-3H3/b27-25-,37-35-,46-43-/t58-/m0/s1. The quantitative estimate of drug-likeness (QED) is 0.0262. The maximum absolute atomic E-state index is 12.8. The fourth-order valence-corrected chi connectivity index (χ4v) is 8.70. The molecule has 0 amide bonds. The van der Waals surface area contributed by atoms with Gasteiger partial charge in [0.25, 0.3) is 0 Å². The average Bonchev–Trinajstić information content (AvgIpc) is 3.33. The van der Waals surface area contributed by atoms with Crippen molar-refractivity contribution in [3.05, 3.63) is 36.5 Å². The lowest BCUT2D eigenvalue weighted by Crippen LogP contribution is -2.30. The van der Waals surface area contributed by atoms with Crippen LogP contribution < -0.4 is 0 Å². The molecule has 0 saturated heterocycles. The lowest BCUT2D eigenvalue weighted by molar-refractivity contribution is -0.167. The third kappa shape index (κ3) is 54.4. The van der Waals surface area contributed by atoms with E-state index in [0.29, 0.717) is 19.3 Å². The van der Waals surface area contributed by atoms with Gasteiger partial charge >= 0.3 is 17.9 Å². The van der Waals surface area contributed by atoms with Crippen LogP contribution in [0.3, 0.4) is 0 Å². The van der Waals surface area contributed by atoms with Gasteiger partial charge in [-0.15, -0.1) is 0 Å². The van der Waals surface area contributed by atoms with E-state index in [1.807, 2.05) is 0 Å². The molecule has 392 valence electrons. The van der Waals surface area contributed by atoms with Gasteiger partial charge in [0.15, 0.2) is 6.10 Å². The van der Waals surface area contributed by atoms with Gasteiger partial charge in [-0.25, -0.2) is 0 Å². The minimum Gasteiger partial charge on any atom is -0.462 e. The molecule has 0 spiro atoms. The molecular formula is C61H112O6. The van der Waals surface area contributed by atoms with Crippen molar-refractivity contribution < 1.29 is 28.6 Å². The lowest BCUT2D eigenvalue weighted by Gasteiger charge is -2.18. The third-order valence-electron chi connectivity index (χ3n) is 13.1. The SMILES string of the molecule is CCCCCCCC/C=C\C/C=C\C/C=C\CCCC(=O)O[C@@H](COC(=O)CCCCCCCCCCCCC)COC(=O)CCCCCCCCCCCCCCCCCCCCCCC. The van der Waals surface area contributed by atoms with Crippen molar-refractivity contribution in [1.29, 1.82) is 0 Å². The normalized spacial score (nSPS) is 12.2. The average molecular weight is 942 g/mol. The maximum Gasteiger partial charge on any atom is 0.306 e. The zero-order valence-electron chi connectivity index (χ0n) is 44.9. The van der Waals surface area contributed by atoms with Crippen LogP contribution in [-0.2, 0) is 28.6 Å². The summed E-state index contributed by atoms with van der Waals surface area (Å²) in [5.74, 6) is -0.923. The first-order valence-electron chi connectivity index (χ1n) is 29.5. The summed E-state index contributed by atoms with van der Waals surface area (Å²) in [6.07, 6.45) is 67.2. The summed E-state index contributed by atoms with van der Waals surface area (Å²) in [7, 11) is 0. The van der Waals surface area contributed by atoms with Crippen LogP contribution in [-0.4, -0.2) is 37.2 Å². The topological polar surface area (TPSA) is 78.9 Å². The van der Waals surface area contributed by atoms with Gasteiger partial charge in [-0.3, -0.25) is 14.4 Å². The molecule has 0 fully saturated rings. The van der Waals surface area contributed by atoms with Crippen LogP contribution in [0.2, 0.25) is 0 Å². The molecule has 6 heteroatoms. The highest BCUT2D eigenvalue weighted by Gasteiger charge is 2.19. The highest BCUT2D eigenvalue weighted by molar-refractivity contribution is 5.71. The van der Waals surface area contributed by atoms with E-state index < -0.39 is 6.10 Å². The molecule has 0 aromatic heterocycles. The summed E-state index contributed by atoms with van der Waals surface area (Å²) in [5, 5.41) is 0. The molecule has 0 bridgehead atoms. The van der Waals surface area contributed by atoms with Crippen molar-refractivity contribution >= 4 is 17.9 Å². The fourth-order valence-electron chi connectivity index (χ4n) is 8.70. The van der Waals surface area contributed by atoms with Gasteiger partial charge in [0.1, 0.15) is 13.2 Å². The molecule has 0 aromatic rings. The molecule has 0 unspecified atom stereocenters. The third-order valence-corrected chi connectivity index (χ3v) is 13.1. The number of esters is 3. The van der Waals surface area contributed by atoms with Gasteiger partial charge in [-0.1, -0.05) is 282 Å². The molecule has 0 rings (SSSR count). The van der Waals surface area contributed by atoms with Crippen LogP contribution in [0, 0.1) is 0 Å². The van der Waals surface area contributed by atoms with Crippen LogP contribution in [0.5, 0.6) is 0 Å². The summed E-state index contributed by atoms with van der Waals surface area (Å²) in [4.78, 5) is 38.1. The van der Waals surface area contributed by atoms with Crippen molar-refractivity contribution in [2.24, 2.45) is 0 Å². The molecule has 0 heterocycles. The minimum absolute atomic E-state index is 0.0873. The van der Waals surface area contributed by atoms with Gasteiger partial charge in [-0.05, 0) is 51.4 Å². The summed E-state index contributed by atoms with van der Waals surface area (Å²) in [5.41, 5.74) is 0. The molecule has 6 nitrogen and oxygen atoms in total. The Labute approximate surface area is 416 Å². The van der Waals surface area contributed by atoms with E-state index in [9.17, 15) is 14.4 Å². The predicted molar refractivity (Wildman–Crippen MR) is 289 cm³/mol. The number of hydrogen-bond donors (Lipinski definition) is 0. The Morgan fingerprint density at radius 3 is 0.881 bits per heavy atom. The fraction of sp³-hybridized carbons (Fsp3) is 0.852. The molecule has 0 radical (unpaired) electrons. The van der Waals surface area contributed by atoms with Crippen LogP contribution in [0.15, 0.2) is 36.5 Å². The zero-order valence-corrected chi connectivity index (χ0v) is 44.9. The molecular weight excluding hydrogens is 829 g/mol. The van der Waals surface area contributed by atoms with Crippen molar-refractivity contribution in [2.45, 2.75) is 322 Å². The van der Waals surface area contributed by atoms with Crippen molar-refractivity contribution in [2.75, 3.05) is 13.2 Å². The van der Waals surface area contributed by atoms with E-state index in [1.54, 1.807) is 0 Å². The highest BCUT2D eigenvalue weighted by Crippen LogP contribution is 2.17. The first kappa shape index (κ1) is 64.6. The van der Waals surface area contributed by atoms with Crippen molar-refractivity contribution in [3.63, 3.8) is 0 Å². The summed E-state index contributed by atoms with van der Waals surface area (Å²) >= 11 is 0. The summed E-state index contributed by atoms with van der Waals surface area (Å²) in [6.45, 7) is 6.63. The molecule has 0 saturated carbocycles. The predicted octanol–water partition coefficient (Wildman–Crippen LogP) is 19.7. The Bertz CT molecular complexity index is 1130. The molecule has 1 atom stereocenters. The minimum atomic E-state index is -0.794. The number of rotatable bonds is 54. The van der Waals surface area contributed by atoms with Gasteiger partial charge < -0.3 is 14.2 Å². The van der Waals surface area contributed by atoms with Crippen LogP contribution in [0.4, 0.5) is 0 Å². The monoisotopic (exact) mass is 941 g/mol. The highest BCUT2D eigenvalue weighted by atomic mass is 16.6. The zero-order chi connectivity index (χ0) is 48.6. The smallest absolute Gasteiger partial charge is 0.306 e. The Morgan fingerprint density at radius 1 is 0.299 bits per heavy atom. The van der Waals surface area contributed by atoms with E-state index in [2.05, 4.69) is 57.2 Å². The van der Waals surface area contributed by atoms with E-state index in [-0.39, 0.29) is 37.5 Å². The van der Waals surface area contributed by atoms with Crippen LogP contribution in [0.1, 0.15) is 316 Å². The second-order valence-electron chi connectivity index (χ2n) is 19.9. The van der Waals surface area contributed by atoms with Crippen molar-refractivity contribution in [1.82, 2.24) is 0 Å². The number of allylic oxidation sites excluding steroid dienone is 6. The van der Waals surface area contributed by atoms with E-state index in [0.717, 1.165) is 57.8 Å². The van der Waals surface area contributed by atoms with E-state index in [4.69, 9.17) is 14.2 Å². The molecule has 0 aromatic carbocycles. The maximum atomic E-state index is 12.8. The first-order chi connectivity index (χ1) is 33.0. The Balaban J connectivity index is 4.32. The number of unbranched alkanes of at least 4 members (excludes halogenated alkanes) is 37. The second kappa shape index (κ2) is 56.2. The Hall–Kier alpha value is -2.37. The molecule has 0 aliphatic rings. The van der Waals surface area contributed by atoms with Crippen molar-refractivity contribution in [3.8, 4) is 0 Å². The number of ether oxygens (including phenoxy) is 3.